The minimum absolute atomic E-state index is 0.0194. The number of halogens is 1. The Labute approximate surface area is 153 Å². The Morgan fingerprint density at radius 3 is 2.54 bits per heavy atom. The Morgan fingerprint density at radius 1 is 1.23 bits per heavy atom. The standard InChI is InChI=1S/C17H12ClN3O5/c18-15-6-5-13(21(24)25)9-14(15)17(23)26-10-16(22)20-12-3-1-11(2-4-12)7-8-19/h1-6,9H,7,10H2,(H,20,22). The Kier molecular flexibility index (Phi) is 6.25. The molecule has 1 amide bonds. The van der Waals surface area contributed by atoms with Crippen molar-refractivity contribution in [2.24, 2.45) is 0 Å². The topological polar surface area (TPSA) is 122 Å². The van der Waals surface area contributed by atoms with E-state index < -0.39 is 23.4 Å². The van der Waals surface area contributed by atoms with E-state index in [0.29, 0.717) is 5.69 Å². The molecular weight excluding hydrogens is 362 g/mol. The molecule has 0 saturated carbocycles. The summed E-state index contributed by atoms with van der Waals surface area (Å²) in [5.41, 5.74) is 0.760. The van der Waals surface area contributed by atoms with E-state index in [2.05, 4.69) is 5.32 Å². The molecule has 2 aromatic carbocycles. The number of amides is 1. The third kappa shape index (κ3) is 5.03. The summed E-state index contributed by atoms with van der Waals surface area (Å²) in [6.45, 7) is -0.586. The lowest BCUT2D eigenvalue weighted by atomic mass is 10.1. The number of nitro benzene ring substituents is 1. The number of hydrogen-bond donors (Lipinski definition) is 1. The van der Waals surface area contributed by atoms with Crippen LogP contribution >= 0.6 is 11.6 Å². The van der Waals surface area contributed by atoms with Crippen LogP contribution in [0.1, 0.15) is 15.9 Å². The number of non-ortho nitro benzene ring substituents is 1. The molecule has 0 bridgehead atoms. The molecule has 0 unspecified atom stereocenters. The summed E-state index contributed by atoms with van der Waals surface area (Å²) in [6.07, 6.45) is 0.260. The first kappa shape index (κ1) is 18.9. The largest absolute Gasteiger partial charge is 0.452 e. The average Bonchev–Trinajstić information content (AvgIpc) is 2.61. The summed E-state index contributed by atoms with van der Waals surface area (Å²) in [4.78, 5) is 33.9. The molecule has 0 radical (unpaired) electrons. The van der Waals surface area contributed by atoms with Crippen LogP contribution in [0.3, 0.4) is 0 Å². The zero-order chi connectivity index (χ0) is 19.1. The fourth-order valence-electron chi connectivity index (χ4n) is 1.99. The quantitative estimate of drug-likeness (QED) is 0.471. The number of esters is 1. The lowest BCUT2D eigenvalue weighted by Gasteiger charge is -2.08. The van der Waals surface area contributed by atoms with Gasteiger partial charge in [-0.05, 0) is 23.8 Å². The van der Waals surface area contributed by atoms with Crippen LogP contribution in [-0.4, -0.2) is 23.4 Å². The Balaban J connectivity index is 1.94. The SMILES string of the molecule is N#CCc1ccc(NC(=O)COC(=O)c2cc([N+](=O)[O-])ccc2Cl)cc1. The monoisotopic (exact) mass is 373 g/mol. The summed E-state index contributed by atoms with van der Waals surface area (Å²) < 4.78 is 4.84. The van der Waals surface area contributed by atoms with Crippen molar-refractivity contribution in [2.75, 3.05) is 11.9 Å². The first-order valence-electron chi connectivity index (χ1n) is 7.27. The number of carbonyl (C=O) groups is 2. The highest BCUT2D eigenvalue weighted by Gasteiger charge is 2.18. The second-order valence-corrected chi connectivity index (χ2v) is 5.48. The maximum Gasteiger partial charge on any atom is 0.340 e. The maximum atomic E-state index is 12.0. The second kappa shape index (κ2) is 8.60. The number of carbonyl (C=O) groups excluding carboxylic acids is 2. The van der Waals surface area contributed by atoms with Gasteiger partial charge in [0.1, 0.15) is 0 Å². The van der Waals surface area contributed by atoms with Crippen molar-refractivity contribution in [3.05, 3.63) is 68.7 Å². The van der Waals surface area contributed by atoms with Crippen LogP contribution in [0.15, 0.2) is 42.5 Å². The van der Waals surface area contributed by atoms with Crippen molar-refractivity contribution in [3.8, 4) is 6.07 Å². The molecule has 0 saturated heterocycles. The maximum absolute atomic E-state index is 12.0. The van der Waals surface area contributed by atoms with E-state index in [-0.39, 0.29) is 22.7 Å². The van der Waals surface area contributed by atoms with Crippen molar-refractivity contribution < 1.29 is 19.2 Å². The highest BCUT2D eigenvalue weighted by atomic mass is 35.5. The van der Waals surface area contributed by atoms with Gasteiger partial charge in [0, 0.05) is 17.8 Å². The van der Waals surface area contributed by atoms with Gasteiger partial charge < -0.3 is 10.1 Å². The number of nitriles is 1. The third-order valence-corrected chi connectivity index (χ3v) is 3.57. The van der Waals surface area contributed by atoms with E-state index in [0.717, 1.165) is 17.7 Å². The first-order valence-corrected chi connectivity index (χ1v) is 7.65. The molecule has 0 fully saturated rings. The van der Waals surface area contributed by atoms with Crippen LogP contribution < -0.4 is 5.32 Å². The van der Waals surface area contributed by atoms with Crippen molar-refractivity contribution in [2.45, 2.75) is 6.42 Å². The Hall–Kier alpha value is -3.44. The highest BCUT2D eigenvalue weighted by molar-refractivity contribution is 6.33. The number of rotatable bonds is 6. The van der Waals surface area contributed by atoms with Gasteiger partial charge in [0.25, 0.3) is 11.6 Å². The minimum Gasteiger partial charge on any atom is -0.452 e. The molecule has 8 nitrogen and oxygen atoms in total. The normalized spacial score (nSPS) is 9.85. The van der Waals surface area contributed by atoms with Gasteiger partial charge in [0.15, 0.2) is 6.61 Å². The van der Waals surface area contributed by atoms with Crippen LogP contribution in [-0.2, 0) is 16.0 Å². The number of nitrogens with zero attached hydrogens (tertiary/aromatic N) is 2. The number of ether oxygens (including phenoxy) is 1. The van der Waals surface area contributed by atoms with Gasteiger partial charge in [-0.15, -0.1) is 0 Å². The van der Waals surface area contributed by atoms with Gasteiger partial charge >= 0.3 is 5.97 Å². The van der Waals surface area contributed by atoms with Gasteiger partial charge in [-0.25, -0.2) is 4.79 Å². The van der Waals surface area contributed by atoms with Crippen molar-refractivity contribution in [3.63, 3.8) is 0 Å². The molecule has 0 heterocycles. The summed E-state index contributed by atoms with van der Waals surface area (Å²) in [7, 11) is 0. The van der Waals surface area contributed by atoms with Gasteiger partial charge in [-0.1, -0.05) is 23.7 Å². The molecule has 0 spiro atoms. The van der Waals surface area contributed by atoms with Crippen LogP contribution in [0.2, 0.25) is 5.02 Å². The van der Waals surface area contributed by atoms with Crippen molar-refractivity contribution in [1.29, 1.82) is 5.26 Å². The highest BCUT2D eigenvalue weighted by Crippen LogP contribution is 2.22. The van der Waals surface area contributed by atoms with E-state index in [9.17, 15) is 19.7 Å². The Morgan fingerprint density at radius 2 is 1.92 bits per heavy atom. The molecule has 9 heteroatoms. The minimum atomic E-state index is -0.946. The van der Waals surface area contributed by atoms with E-state index >= 15 is 0 Å². The molecule has 1 N–H and O–H groups in total. The first-order chi connectivity index (χ1) is 12.4. The lowest BCUT2D eigenvalue weighted by Crippen LogP contribution is -2.21. The number of hydrogen-bond acceptors (Lipinski definition) is 6. The van der Waals surface area contributed by atoms with Crippen LogP contribution in [0.25, 0.3) is 0 Å². The fourth-order valence-corrected chi connectivity index (χ4v) is 2.18. The van der Waals surface area contributed by atoms with E-state index in [1.54, 1.807) is 24.3 Å². The smallest absolute Gasteiger partial charge is 0.340 e. The zero-order valence-electron chi connectivity index (χ0n) is 13.3. The number of anilines is 1. The van der Waals surface area contributed by atoms with Gasteiger partial charge in [-0.2, -0.15) is 5.26 Å². The summed E-state index contributed by atoms with van der Waals surface area (Å²) >= 11 is 5.83. The van der Waals surface area contributed by atoms with Gasteiger partial charge in [-0.3, -0.25) is 14.9 Å². The van der Waals surface area contributed by atoms with Crippen LogP contribution in [0, 0.1) is 21.4 Å². The van der Waals surface area contributed by atoms with Crippen LogP contribution in [0.5, 0.6) is 0 Å². The van der Waals surface area contributed by atoms with Crippen molar-refractivity contribution >= 4 is 34.9 Å². The molecule has 132 valence electrons. The molecule has 0 atom stereocenters. The predicted octanol–water partition coefficient (Wildman–Crippen LogP) is 3.11. The molecule has 2 aromatic rings. The molecule has 26 heavy (non-hydrogen) atoms. The summed E-state index contributed by atoms with van der Waals surface area (Å²) in [6, 6.07) is 12.0. The summed E-state index contributed by atoms with van der Waals surface area (Å²) in [5, 5.41) is 21.9. The fraction of sp³-hybridized carbons (Fsp3) is 0.118. The second-order valence-electron chi connectivity index (χ2n) is 5.08. The number of nitro groups is 1. The van der Waals surface area contributed by atoms with E-state index in [1.165, 1.54) is 6.07 Å². The van der Waals surface area contributed by atoms with Crippen molar-refractivity contribution in [1.82, 2.24) is 0 Å². The molecule has 0 aliphatic carbocycles. The average molecular weight is 374 g/mol. The van der Waals surface area contributed by atoms with Gasteiger partial charge in [0.2, 0.25) is 0 Å². The van der Waals surface area contributed by atoms with E-state index in [1.807, 2.05) is 6.07 Å². The third-order valence-electron chi connectivity index (χ3n) is 3.24. The number of benzene rings is 2. The molecular formula is C17H12ClN3O5. The van der Waals surface area contributed by atoms with E-state index in [4.69, 9.17) is 21.6 Å². The molecule has 0 aliphatic heterocycles. The zero-order valence-corrected chi connectivity index (χ0v) is 14.0. The van der Waals surface area contributed by atoms with Gasteiger partial charge in [0.05, 0.1) is 28.0 Å². The molecule has 2 rings (SSSR count). The summed E-state index contributed by atoms with van der Waals surface area (Å²) in [5.74, 6) is -1.54. The molecule has 0 aliphatic rings. The number of nitrogens with one attached hydrogen (secondary N) is 1. The van der Waals surface area contributed by atoms with Crippen LogP contribution in [0.4, 0.5) is 11.4 Å². The Bertz CT molecular complexity index is 890. The molecule has 0 aromatic heterocycles. The lowest BCUT2D eigenvalue weighted by molar-refractivity contribution is -0.384. The predicted molar refractivity (Wildman–Crippen MR) is 92.8 cm³/mol.